The summed E-state index contributed by atoms with van der Waals surface area (Å²) in [5.74, 6) is -2.76. The molecule has 14 heavy (non-hydrogen) atoms. The van der Waals surface area contributed by atoms with Crippen molar-refractivity contribution in [2.75, 3.05) is 26.2 Å². The Morgan fingerprint density at radius 3 is 2.79 bits per heavy atom. The third-order valence-electron chi connectivity index (χ3n) is 3.56. The first-order chi connectivity index (χ1) is 6.63. The molecule has 0 unspecified atom stereocenters. The smallest absolute Gasteiger partial charge is 0.252 e. The van der Waals surface area contributed by atoms with Gasteiger partial charge in [-0.1, -0.05) is 0 Å². The van der Waals surface area contributed by atoms with Crippen molar-refractivity contribution in [2.45, 2.75) is 25.2 Å². The molecule has 1 saturated carbocycles. The van der Waals surface area contributed by atoms with Crippen LogP contribution in [0.25, 0.3) is 0 Å². The number of β-amino-alcohol motifs (C(OH)–C–C–N with tert-alkyl or cyclic N) is 1. The van der Waals surface area contributed by atoms with Gasteiger partial charge in [-0.3, -0.25) is 0 Å². The van der Waals surface area contributed by atoms with Gasteiger partial charge in [-0.25, -0.2) is 8.78 Å². The van der Waals surface area contributed by atoms with Crippen LogP contribution in [-0.2, 0) is 0 Å². The molecule has 2 aliphatic rings. The number of nitrogens with zero attached hydrogens (tertiary/aromatic N) is 1. The van der Waals surface area contributed by atoms with Gasteiger partial charge in [-0.2, -0.15) is 0 Å². The molecule has 2 nitrogen and oxygen atoms in total. The fourth-order valence-corrected chi connectivity index (χ4v) is 2.84. The van der Waals surface area contributed by atoms with E-state index < -0.39 is 11.8 Å². The van der Waals surface area contributed by atoms with Crippen LogP contribution in [-0.4, -0.2) is 42.2 Å². The first kappa shape index (κ1) is 10.3. The summed E-state index contributed by atoms with van der Waals surface area (Å²) in [6, 6.07) is 0. The van der Waals surface area contributed by atoms with Crippen molar-refractivity contribution in [2.24, 2.45) is 11.8 Å². The van der Waals surface area contributed by atoms with Crippen LogP contribution in [0.15, 0.2) is 0 Å². The van der Waals surface area contributed by atoms with Crippen LogP contribution in [0.4, 0.5) is 8.78 Å². The minimum atomic E-state index is -2.47. The summed E-state index contributed by atoms with van der Waals surface area (Å²) in [4.78, 5) is 1.97. The fourth-order valence-electron chi connectivity index (χ4n) is 2.84. The van der Waals surface area contributed by atoms with E-state index >= 15 is 0 Å². The summed E-state index contributed by atoms with van der Waals surface area (Å²) in [7, 11) is 0. The summed E-state index contributed by atoms with van der Waals surface area (Å²) in [5, 5.41) is 8.76. The van der Waals surface area contributed by atoms with Gasteiger partial charge in [0, 0.05) is 32.0 Å². The Bertz CT molecular complexity index is 210. The molecular formula is C10H17F2NO. The summed E-state index contributed by atoms with van der Waals surface area (Å²) < 4.78 is 27.0. The maximum absolute atomic E-state index is 13.5. The molecule has 0 bridgehead atoms. The SMILES string of the molecule is OCCN1C[C@@H]2CCCC(F)(F)[C@@H]2C1. The van der Waals surface area contributed by atoms with Crippen molar-refractivity contribution in [1.29, 1.82) is 0 Å². The van der Waals surface area contributed by atoms with Crippen LogP contribution in [0, 0.1) is 11.8 Å². The zero-order valence-electron chi connectivity index (χ0n) is 8.25. The van der Waals surface area contributed by atoms with Gasteiger partial charge in [0.15, 0.2) is 0 Å². The molecule has 0 radical (unpaired) electrons. The van der Waals surface area contributed by atoms with Gasteiger partial charge in [-0.15, -0.1) is 0 Å². The highest BCUT2D eigenvalue weighted by molar-refractivity contribution is 4.95. The highest BCUT2D eigenvalue weighted by Crippen LogP contribution is 2.45. The maximum atomic E-state index is 13.5. The second-order valence-corrected chi connectivity index (χ2v) is 4.50. The lowest BCUT2D eigenvalue weighted by Crippen LogP contribution is -2.37. The lowest BCUT2D eigenvalue weighted by atomic mass is 9.79. The quantitative estimate of drug-likeness (QED) is 0.735. The summed E-state index contributed by atoms with van der Waals surface area (Å²) in [6.07, 6.45) is 1.64. The molecule has 0 aromatic rings. The Morgan fingerprint density at radius 1 is 1.36 bits per heavy atom. The molecule has 1 saturated heterocycles. The maximum Gasteiger partial charge on any atom is 0.252 e. The van der Waals surface area contributed by atoms with E-state index in [9.17, 15) is 8.78 Å². The Labute approximate surface area is 82.9 Å². The molecule has 1 aliphatic heterocycles. The number of aliphatic hydroxyl groups is 1. The van der Waals surface area contributed by atoms with Gasteiger partial charge in [0.2, 0.25) is 0 Å². The average molecular weight is 205 g/mol. The van der Waals surface area contributed by atoms with Crippen molar-refractivity contribution >= 4 is 0 Å². The largest absolute Gasteiger partial charge is 0.395 e. The molecule has 2 fully saturated rings. The number of fused-ring (bicyclic) bond motifs is 1. The van der Waals surface area contributed by atoms with Crippen molar-refractivity contribution < 1.29 is 13.9 Å². The minimum absolute atomic E-state index is 0.0567. The molecule has 2 rings (SSSR count). The van der Waals surface area contributed by atoms with E-state index in [1.807, 2.05) is 4.90 Å². The van der Waals surface area contributed by atoms with E-state index in [1.54, 1.807) is 0 Å². The molecule has 1 aliphatic carbocycles. The Balaban J connectivity index is 2.01. The highest BCUT2D eigenvalue weighted by atomic mass is 19.3. The molecule has 0 aromatic heterocycles. The third-order valence-corrected chi connectivity index (χ3v) is 3.56. The summed E-state index contributed by atoms with van der Waals surface area (Å²) >= 11 is 0. The molecule has 1 heterocycles. The van der Waals surface area contributed by atoms with Gasteiger partial charge in [0.1, 0.15) is 0 Å². The van der Waals surface area contributed by atoms with Gasteiger partial charge < -0.3 is 10.0 Å². The van der Waals surface area contributed by atoms with Crippen LogP contribution >= 0.6 is 0 Å². The van der Waals surface area contributed by atoms with E-state index in [2.05, 4.69) is 0 Å². The molecule has 1 N–H and O–H groups in total. The number of aliphatic hydroxyl groups excluding tert-OH is 1. The molecule has 4 heteroatoms. The summed E-state index contributed by atoms with van der Waals surface area (Å²) in [6.45, 7) is 1.84. The Morgan fingerprint density at radius 2 is 2.14 bits per heavy atom. The highest BCUT2D eigenvalue weighted by Gasteiger charge is 2.50. The number of halogens is 2. The average Bonchev–Trinajstić information content (AvgIpc) is 2.49. The van der Waals surface area contributed by atoms with Gasteiger partial charge >= 0.3 is 0 Å². The van der Waals surface area contributed by atoms with Crippen LogP contribution in [0.2, 0.25) is 0 Å². The van der Waals surface area contributed by atoms with E-state index in [4.69, 9.17) is 5.11 Å². The molecule has 0 spiro atoms. The van der Waals surface area contributed by atoms with E-state index in [1.165, 1.54) is 0 Å². The predicted octanol–water partition coefficient (Wildman–Crippen LogP) is 1.35. The second-order valence-electron chi connectivity index (χ2n) is 4.50. The zero-order chi connectivity index (χ0) is 10.2. The van der Waals surface area contributed by atoms with Crippen molar-refractivity contribution in [3.05, 3.63) is 0 Å². The number of hydrogen-bond acceptors (Lipinski definition) is 2. The lowest BCUT2D eigenvalue weighted by Gasteiger charge is -2.32. The number of alkyl halides is 2. The van der Waals surface area contributed by atoms with Crippen molar-refractivity contribution in [1.82, 2.24) is 4.90 Å². The Kier molecular flexibility index (Phi) is 2.75. The third kappa shape index (κ3) is 1.77. The topological polar surface area (TPSA) is 23.5 Å². The standard InChI is InChI=1S/C10H17F2NO/c11-10(12)3-1-2-8-6-13(4-5-14)7-9(8)10/h8-9,14H,1-7H2/t8-,9+/m0/s1. The summed E-state index contributed by atoms with van der Waals surface area (Å²) in [5.41, 5.74) is 0. The lowest BCUT2D eigenvalue weighted by molar-refractivity contribution is -0.0946. The molecule has 2 atom stereocenters. The van der Waals surface area contributed by atoms with Crippen LogP contribution in [0.5, 0.6) is 0 Å². The number of hydrogen-bond donors (Lipinski definition) is 1. The normalized spacial score (nSPS) is 37.1. The second kappa shape index (κ2) is 3.74. The molecule has 82 valence electrons. The first-order valence-corrected chi connectivity index (χ1v) is 5.34. The van der Waals surface area contributed by atoms with Crippen LogP contribution < -0.4 is 0 Å². The fraction of sp³-hybridized carbons (Fsp3) is 1.00. The van der Waals surface area contributed by atoms with E-state index in [0.29, 0.717) is 19.5 Å². The Hall–Kier alpha value is -0.220. The van der Waals surface area contributed by atoms with Crippen molar-refractivity contribution in [3.8, 4) is 0 Å². The van der Waals surface area contributed by atoms with Crippen molar-refractivity contribution in [3.63, 3.8) is 0 Å². The van der Waals surface area contributed by atoms with E-state index in [0.717, 1.165) is 13.0 Å². The molecule has 0 amide bonds. The first-order valence-electron chi connectivity index (χ1n) is 5.34. The molecular weight excluding hydrogens is 188 g/mol. The van der Waals surface area contributed by atoms with Gasteiger partial charge in [-0.05, 0) is 18.8 Å². The van der Waals surface area contributed by atoms with Crippen LogP contribution in [0.3, 0.4) is 0 Å². The molecule has 0 aromatic carbocycles. The van der Waals surface area contributed by atoms with Gasteiger partial charge in [0.05, 0.1) is 6.61 Å². The number of rotatable bonds is 2. The number of likely N-dealkylation sites (tertiary alicyclic amines) is 1. The van der Waals surface area contributed by atoms with Gasteiger partial charge in [0.25, 0.3) is 5.92 Å². The monoisotopic (exact) mass is 205 g/mol. The predicted molar refractivity (Wildman–Crippen MR) is 49.3 cm³/mol. The van der Waals surface area contributed by atoms with E-state index in [-0.39, 0.29) is 18.9 Å². The minimum Gasteiger partial charge on any atom is -0.395 e. The zero-order valence-corrected chi connectivity index (χ0v) is 8.25. The van der Waals surface area contributed by atoms with Crippen LogP contribution in [0.1, 0.15) is 19.3 Å².